The van der Waals surface area contributed by atoms with Crippen LogP contribution in [-0.4, -0.2) is 30.6 Å². The highest BCUT2D eigenvalue weighted by Crippen LogP contribution is 2.36. The number of aryl methyl sites for hydroxylation is 2. The van der Waals surface area contributed by atoms with E-state index in [2.05, 4.69) is 48.0 Å². The number of benzene rings is 1. The van der Waals surface area contributed by atoms with Gasteiger partial charge in [-0.05, 0) is 37.1 Å². The largest absolute Gasteiger partial charge is 0.381 e. The van der Waals surface area contributed by atoms with Crippen molar-refractivity contribution in [1.82, 2.24) is 0 Å². The number of fused-ring (bicyclic) bond motifs is 3. The average molecular weight is 234 g/mol. The molecular formula is C13H18N2S. The third-order valence-electron chi connectivity index (χ3n) is 3.68. The minimum absolute atomic E-state index is 0.688. The van der Waals surface area contributed by atoms with E-state index in [1.807, 2.05) is 0 Å². The molecule has 1 atom stereocenters. The third kappa shape index (κ3) is 1.58. The van der Waals surface area contributed by atoms with Crippen LogP contribution >= 0.6 is 11.8 Å². The Morgan fingerprint density at radius 2 is 2.12 bits per heavy atom. The molecule has 1 unspecified atom stereocenters. The van der Waals surface area contributed by atoms with Gasteiger partial charge in [0.05, 0.1) is 17.4 Å². The predicted octanol–water partition coefficient (Wildman–Crippen LogP) is 2.65. The number of hydrogen-bond acceptors (Lipinski definition) is 3. The van der Waals surface area contributed by atoms with Crippen LogP contribution in [0.3, 0.4) is 0 Å². The molecule has 0 amide bonds. The summed E-state index contributed by atoms with van der Waals surface area (Å²) in [6.07, 6.45) is 0. The molecule has 1 aromatic carbocycles. The maximum Gasteiger partial charge on any atom is 0.0608 e. The van der Waals surface area contributed by atoms with Crippen molar-refractivity contribution in [2.45, 2.75) is 19.9 Å². The molecule has 0 aliphatic carbocycles. The Morgan fingerprint density at radius 3 is 3.00 bits per heavy atom. The number of nitrogens with one attached hydrogen (secondary N) is 1. The van der Waals surface area contributed by atoms with Crippen LogP contribution in [0.1, 0.15) is 11.1 Å². The Labute approximate surface area is 101 Å². The molecule has 1 N–H and O–H groups in total. The van der Waals surface area contributed by atoms with Gasteiger partial charge in [-0.15, -0.1) is 0 Å². The highest BCUT2D eigenvalue weighted by atomic mass is 32.2. The van der Waals surface area contributed by atoms with Crippen molar-refractivity contribution in [3.8, 4) is 0 Å². The summed E-state index contributed by atoms with van der Waals surface area (Å²) in [6, 6.07) is 5.33. The summed E-state index contributed by atoms with van der Waals surface area (Å²) in [7, 11) is 0. The first-order valence-electron chi connectivity index (χ1n) is 5.95. The number of nitrogens with zero attached hydrogens (tertiary/aromatic N) is 1. The lowest BCUT2D eigenvalue weighted by Crippen LogP contribution is -2.49. The topological polar surface area (TPSA) is 15.3 Å². The van der Waals surface area contributed by atoms with Crippen molar-refractivity contribution in [1.29, 1.82) is 0 Å². The maximum absolute atomic E-state index is 3.57. The van der Waals surface area contributed by atoms with E-state index in [9.17, 15) is 0 Å². The quantitative estimate of drug-likeness (QED) is 0.743. The maximum atomic E-state index is 3.57. The monoisotopic (exact) mass is 234 g/mol. The lowest BCUT2D eigenvalue weighted by atomic mass is 10.0. The molecule has 16 heavy (non-hydrogen) atoms. The molecule has 3 rings (SSSR count). The van der Waals surface area contributed by atoms with Gasteiger partial charge >= 0.3 is 0 Å². The fourth-order valence-corrected chi connectivity index (χ4v) is 3.61. The zero-order valence-corrected chi connectivity index (χ0v) is 10.7. The van der Waals surface area contributed by atoms with Crippen LogP contribution in [0.4, 0.5) is 11.4 Å². The molecule has 2 aliphatic rings. The minimum Gasteiger partial charge on any atom is -0.381 e. The summed E-state index contributed by atoms with van der Waals surface area (Å²) in [4.78, 5) is 2.59. The standard InChI is InChI=1S/C13H18N2S/c1-9-5-12-13(6-10(9)2)15-3-4-16-8-11(15)7-14-12/h5-6,11,14H,3-4,7-8H2,1-2H3. The smallest absolute Gasteiger partial charge is 0.0608 e. The average Bonchev–Trinajstić information content (AvgIpc) is 2.31. The molecule has 0 bridgehead atoms. The van der Waals surface area contributed by atoms with E-state index < -0.39 is 0 Å². The van der Waals surface area contributed by atoms with Gasteiger partial charge in [0.25, 0.3) is 0 Å². The zero-order chi connectivity index (χ0) is 11.1. The molecule has 0 aromatic heterocycles. The van der Waals surface area contributed by atoms with Gasteiger partial charge in [0.1, 0.15) is 0 Å². The summed E-state index contributed by atoms with van der Waals surface area (Å²) >= 11 is 2.08. The summed E-state index contributed by atoms with van der Waals surface area (Å²) in [6.45, 7) is 6.70. The van der Waals surface area contributed by atoms with Crippen LogP contribution in [0.2, 0.25) is 0 Å². The lowest BCUT2D eigenvalue weighted by Gasteiger charge is -2.42. The highest BCUT2D eigenvalue weighted by molar-refractivity contribution is 7.99. The molecule has 0 spiro atoms. The van der Waals surface area contributed by atoms with Crippen molar-refractivity contribution in [3.05, 3.63) is 23.3 Å². The first-order chi connectivity index (χ1) is 7.75. The SMILES string of the molecule is Cc1cc2c(cc1C)N1CCSCC1CN2. The van der Waals surface area contributed by atoms with E-state index in [1.54, 1.807) is 0 Å². The van der Waals surface area contributed by atoms with Gasteiger partial charge < -0.3 is 10.2 Å². The number of thioether (sulfide) groups is 1. The third-order valence-corrected chi connectivity index (χ3v) is 4.77. The van der Waals surface area contributed by atoms with Gasteiger partial charge in [0.2, 0.25) is 0 Å². The Hall–Kier alpha value is -0.830. The molecule has 2 aliphatic heterocycles. The lowest BCUT2D eigenvalue weighted by molar-refractivity contribution is 0.656. The molecule has 2 heterocycles. The second kappa shape index (κ2) is 3.88. The fourth-order valence-electron chi connectivity index (χ4n) is 2.55. The van der Waals surface area contributed by atoms with Crippen LogP contribution in [0.15, 0.2) is 12.1 Å². The predicted molar refractivity (Wildman–Crippen MR) is 72.9 cm³/mol. The van der Waals surface area contributed by atoms with E-state index in [0.717, 1.165) is 6.54 Å². The van der Waals surface area contributed by atoms with Gasteiger partial charge in [-0.25, -0.2) is 0 Å². The van der Waals surface area contributed by atoms with Crippen molar-refractivity contribution in [2.24, 2.45) is 0 Å². The van der Waals surface area contributed by atoms with E-state index in [-0.39, 0.29) is 0 Å². The van der Waals surface area contributed by atoms with Crippen LogP contribution in [0, 0.1) is 13.8 Å². The summed E-state index contributed by atoms with van der Waals surface area (Å²) < 4.78 is 0. The molecule has 1 aromatic rings. The first-order valence-corrected chi connectivity index (χ1v) is 7.10. The zero-order valence-electron chi connectivity index (χ0n) is 9.92. The van der Waals surface area contributed by atoms with Crippen LogP contribution in [0.5, 0.6) is 0 Å². The molecule has 3 heteroatoms. The van der Waals surface area contributed by atoms with E-state index in [4.69, 9.17) is 0 Å². The Morgan fingerprint density at radius 1 is 1.31 bits per heavy atom. The van der Waals surface area contributed by atoms with Gasteiger partial charge in [-0.3, -0.25) is 0 Å². The Kier molecular flexibility index (Phi) is 2.51. The molecule has 0 radical (unpaired) electrons. The molecule has 1 saturated heterocycles. The fraction of sp³-hybridized carbons (Fsp3) is 0.538. The van der Waals surface area contributed by atoms with Crippen LogP contribution < -0.4 is 10.2 Å². The Balaban J connectivity index is 2.04. The number of rotatable bonds is 0. The summed E-state index contributed by atoms with van der Waals surface area (Å²) in [5.74, 6) is 2.53. The second-order valence-electron chi connectivity index (χ2n) is 4.76. The van der Waals surface area contributed by atoms with Crippen molar-refractivity contribution >= 4 is 23.1 Å². The van der Waals surface area contributed by atoms with Crippen molar-refractivity contribution in [2.75, 3.05) is 34.8 Å². The number of anilines is 2. The Bertz CT molecular complexity index is 417. The van der Waals surface area contributed by atoms with Crippen LogP contribution in [0.25, 0.3) is 0 Å². The van der Waals surface area contributed by atoms with Crippen molar-refractivity contribution in [3.63, 3.8) is 0 Å². The van der Waals surface area contributed by atoms with Gasteiger partial charge in [-0.1, -0.05) is 0 Å². The second-order valence-corrected chi connectivity index (χ2v) is 5.91. The highest BCUT2D eigenvalue weighted by Gasteiger charge is 2.28. The van der Waals surface area contributed by atoms with E-state index in [0.29, 0.717) is 6.04 Å². The molecular weight excluding hydrogens is 216 g/mol. The minimum atomic E-state index is 0.688. The molecule has 2 nitrogen and oxygen atoms in total. The van der Waals surface area contributed by atoms with Gasteiger partial charge in [-0.2, -0.15) is 11.8 Å². The molecule has 86 valence electrons. The number of hydrogen-bond donors (Lipinski definition) is 1. The van der Waals surface area contributed by atoms with E-state index >= 15 is 0 Å². The van der Waals surface area contributed by atoms with Crippen LogP contribution in [-0.2, 0) is 0 Å². The van der Waals surface area contributed by atoms with Gasteiger partial charge in [0, 0.05) is 24.6 Å². The molecule has 1 fully saturated rings. The normalized spacial score (nSPS) is 23.4. The molecule has 0 saturated carbocycles. The van der Waals surface area contributed by atoms with Crippen molar-refractivity contribution < 1.29 is 0 Å². The van der Waals surface area contributed by atoms with Gasteiger partial charge in [0.15, 0.2) is 0 Å². The van der Waals surface area contributed by atoms with E-state index in [1.165, 1.54) is 40.6 Å². The first kappa shape index (κ1) is 10.3. The summed E-state index contributed by atoms with van der Waals surface area (Å²) in [5.41, 5.74) is 5.53. The summed E-state index contributed by atoms with van der Waals surface area (Å²) in [5, 5.41) is 3.57.